The molecule has 238 valence electrons. The first-order valence-corrected chi connectivity index (χ1v) is 16.5. The van der Waals surface area contributed by atoms with Crippen LogP contribution in [-0.4, -0.2) is 30.1 Å². The van der Waals surface area contributed by atoms with Gasteiger partial charge in [0, 0.05) is 56.0 Å². The minimum absolute atomic E-state index is 0.0184. The number of phenolic OH excluding ortho intramolecular Hbond substituents is 2. The molecule has 0 amide bonds. The summed E-state index contributed by atoms with van der Waals surface area (Å²) in [5, 5.41) is 21.4. The molecule has 4 aromatic carbocycles. The van der Waals surface area contributed by atoms with Gasteiger partial charge in [-0.25, -0.2) is 9.97 Å². The van der Waals surface area contributed by atoms with Crippen LogP contribution in [0.2, 0.25) is 0 Å². The SMILES string of the molecule is Oc1ccc(-c2c3nc(c(-c4ccccc4)c4ccc([nH]4)c(-c4ccccc4)c4nc(c(-c5ccccc5)c5ccc2[nH]5)C=C4)C=C3)c(O)c1. The summed E-state index contributed by atoms with van der Waals surface area (Å²) < 4.78 is 0. The Morgan fingerprint density at radius 1 is 0.380 bits per heavy atom. The number of phenols is 2. The lowest BCUT2D eigenvalue weighted by Crippen LogP contribution is -1.90. The van der Waals surface area contributed by atoms with Crippen LogP contribution < -0.4 is 0 Å². The molecule has 9 rings (SSSR count). The molecule has 0 radical (unpaired) electrons. The zero-order chi connectivity index (χ0) is 33.6. The first-order valence-electron chi connectivity index (χ1n) is 16.5. The summed E-state index contributed by atoms with van der Waals surface area (Å²) in [5.41, 5.74) is 13.8. The molecule has 0 spiro atoms. The lowest BCUT2D eigenvalue weighted by Gasteiger charge is -2.08. The maximum absolute atomic E-state index is 11.2. The molecule has 4 N–H and O–H groups in total. The van der Waals surface area contributed by atoms with Gasteiger partial charge in [0.15, 0.2) is 0 Å². The molecule has 50 heavy (non-hydrogen) atoms. The van der Waals surface area contributed by atoms with Gasteiger partial charge in [0.2, 0.25) is 0 Å². The summed E-state index contributed by atoms with van der Waals surface area (Å²) >= 11 is 0. The van der Waals surface area contributed by atoms with Gasteiger partial charge in [-0.15, -0.1) is 0 Å². The number of hydrogen-bond donors (Lipinski definition) is 4. The molecule has 0 aliphatic carbocycles. The van der Waals surface area contributed by atoms with Crippen molar-refractivity contribution in [1.82, 2.24) is 19.9 Å². The van der Waals surface area contributed by atoms with E-state index >= 15 is 0 Å². The van der Waals surface area contributed by atoms with Gasteiger partial charge < -0.3 is 20.2 Å². The molecule has 2 aliphatic heterocycles. The molecule has 7 aromatic rings. The first kappa shape index (κ1) is 29.2. The van der Waals surface area contributed by atoms with Crippen LogP contribution >= 0.6 is 0 Å². The number of nitrogens with one attached hydrogen (secondary N) is 2. The van der Waals surface area contributed by atoms with Crippen molar-refractivity contribution in [2.45, 2.75) is 0 Å². The normalized spacial score (nSPS) is 12.0. The molecule has 0 saturated heterocycles. The molecule has 2 aliphatic rings. The van der Waals surface area contributed by atoms with Gasteiger partial charge in [-0.1, -0.05) is 91.0 Å². The third-order valence-corrected chi connectivity index (χ3v) is 9.19. The quantitative estimate of drug-likeness (QED) is 0.153. The van der Waals surface area contributed by atoms with Gasteiger partial charge in [-0.2, -0.15) is 0 Å². The summed E-state index contributed by atoms with van der Waals surface area (Å²) in [6.45, 7) is 0. The fourth-order valence-corrected chi connectivity index (χ4v) is 6.95. The van der Waals surface area contributed by atoms with Crippen molar-refractivity contribution >= 4 is 46.4 Å². The lowest BCUT2D eigenvalue weighted by molar-refractivity contribution is 0.452. The maximum atomic E-state index is 11.2. The standard InChI is InChI=1S/C44H30N4O2/c49-30-16-17-31(40(50)26-30)44-38-24-22-36(47-38)42(28-12-6-2-7-13-28)34-20-18-32(45-34)41(27-10-4-1-5-11-27)33-19-21-35(46-33)43(29-14-8-3-9-15-29)37-23-25-39(44)48-37/h1-26,45,48-50H. The third-order valence-electron chi connectivity index (χ3n) is 9.19. The van der Waals surface area contributed by atoms with Crippen LogP contribution in [0.1, 0.15) is 22.8 Å². The largest absolute Gasteiger partial charge is 0.508 e. The monoisotopic (exact) mass is 646 g/mol. The van der Waals surface area contributed by atoms with Crippen LogP contribution in [-0.2, 0) is 0 Å². The van der Waals surface area contributed by atoms with E-state index in [1.165, 1.54) is 6.07 Å². The van der Waals surface area contributed by atoms with Crippen molar-refractivity contribution in [2.24, 2.45) is 0 Å². The number of aromatic hydroxyl groups is 2. The van der Waals surface area contributed by atoms with Crippen LogP contribution in [0.3, 0.4) is 0 Å². The van der Waals surface area contributed by atoms with Crippen LogP contribution in [0.5, 0.6) is 11.5 Å². The first-order chi connectivity index (χ1) is 24.6. The van der Waals surface area contributed by atoms with Crippen molar-refractivity contribution < 1.29 is 10.2 Å². The summed E-state index contributed by atoms with van der Waals surface area (Å²) in [6.07, 6.45) is 8.16. The summed E-state index contributed by atoms with van der Waals surface area (Å²) in [5.74, 6) is -0.0648. The molecular formula is C44H30N4O2. The molecule has 6 heteroatoms. The van der Waals surface area contributed by atoms with Gasteiger partial charge in [0.05, 0.1) is 22.8 Å². The van der Waals surface area contributed by atoms with Crippen LogP contribution in [0, 0.1) is 0 Å². The lowest BCUT2D eigenvalue weighted by atomic mass is 10.0. The van der Waals surface area contributed by atoms with Gasteiger partial charge in [0.1, 0.15) is 11.5 Å². The van der Waals surface area contributed by atoms with Crippen molar-refractivity contribution in [3.8, 4) is 56.0 Å². The Hall–Kier alpha value is -6.92. The van der Waals surface area contributed by atoms with Gasteiger partial charge in [0.25, 0.3) is 0 Å². The Balaban J connectivity index is 1.49. The highest BCUT2D eigenvalue weighted by Gasteiger charge is 2.20. The Bertz CT molecular complexity index is 2620. The average Bonchev–Trinajstić information content (AvgIpc) is 3.98. The van der Waals surface area contributed by atoms with Gasteiger partial charge in [-0.05, 0) is 77.4 Å². The fraction of sp³-hybridized carbons (Fsp3) is 0. The maximum Gasteiger partial charge on any atom is 0.127 e. The van der Waals surface area contributed by atoms with Crippen LogP contribution in [0.15, 0.2) is 133 Å². The molecule has 0 saturated carbocycles. The molecule has 3 aromatic heterocycles. The van der Waals surface area contributed by atoms with Crippen molar-refractivity contribution in [1.29, 1.82) is 0 Å². The van der Waals surface area contributed by atoms with E-state index < -0.39 is 0 Å². The summed E-state index contributed by atoms with van der Waals surface area (Å²) in [4.78, 5) is 18.0. The summed E-state index contributed by atoms with van der Waals surface area (Å²) in [7, 11) is 0. The number of aromatic nitrogens is 4. The highest BCUT2D eigenvalue weighted by atomic mass is 16.3. The predicted molar refractivity (Wildman–Crippen MR) is 204 cm³/mol. The van der Waals surface area contributed by atoms with E-state index in [9.17, 15) is 10.2 Å². The molecule has 5 heterocycles. The van der Waals surface area contributed by atoms with Crippen molar-refractivity contribution in [3.63, 3.8) is 0 Å². The zero-order valence-electron chi connectivity index (χ0n) is 26.8. The molecule has 6 nitrogen and oxygen atoms in total. The highest BCUT2D eigenvalue weighted by Crippen LogP contribution is 2.40. The smallest absolute Gasteiger partial charge is 0.127 e. The number of aromatic amines is 2. The second-order valence-corrected chi connectivity index (χ2v) is 12.3. The van der Waals surface area contributed by atoms with Crippen molar-refractivity contribution in [3.05, 3.63) is 156 Å². The number of nitrogens with zero attached hydrogens (tertiary/aromatic N) is 2. The Kier molecular flexibility index (Phi) is 6.99. The van der Waals surface area contributed by atoms with E-state index in [0.29, 0.717) is 16.8 Å². The fourth-order valence-electron chi connectivity index (χ4n) is 6.95. The zero-order valence-corrected chi connectivity index (χ0v) is 26.8. The third kappa shape index (κ3) is 5.07. The van der Waals surface area contributed by atoms with E-state index in [0.717, 1.165) is 72.5 Å². The highest BCUT2D eigenvalue weighted by molar-refractivity contribution is 6.00. The molecular weight excluding hydrogens is 617 g/mol. The Morgan fingerprint density at radius 3 is 1.12 bits per heavy atom. The van der Waals surface area contributed by atoms with Gasteiger partial charge >= 0.3 is 0 Å². The minimum Gasteiger partial charge on any atom is -0.508 e. The van der Waals surface area contributed by atoms with Gasteiger partial charge in [-0.3, -0.25) is 0 Å². The number of benzene rings is 4. The van der Waals surface area contributed by atoms with Crippen LogP contribution in [0.4, 0.5) is 0 Å². The van der Waals surface area contributed by atoms with Crippen molar-refractivity contribution in [2.75, 3.05) is 0 Å². The van der Waals surface area contributed by atoms with E-state index in [1.807, 2.05) is 78.9 Å². The molecule has 0 unspecified atom stereocenters. The average molecular weight is 647 g/mol. The number of H-pyrrole nitrogens is 2. The second-order valence-electron chi connectivity index (χ2n) is 12.3. The van der Waals surface area contributed by atoms with Crippen LogP contribution in [0.25, 0.3) is 90.9 Å². The Labute approximate surface area is 288 Å². The topological polar surface area (TPSA) is 97.8 Å². The number of fused-ring (bicyclic) bond motifs is 8. The number of rotatable bonds is 4. The minimum atomic E-state index is -0.0463. The van der Waals surface area contributed by atoms with E-state index in [2.05, 4.69) is 70.7 Å². The molecule has 0 atom stereocenters. The number of hydrogen-bond acceptors (Lipinski definition) is 4. The summed E-state index contributed by atoms with van der Waals surface area (Å²) in [6, 6.07) is 43.8. The predicted octanol–water partition coefficient (Wildman–Crippen LogP) is 10.7. The van der Waals surface area contributed by atoms with E-state index in [-0.39, 0.29) is 11.5 Å². The molecule has 8 bridgehead atoms. The van der Waals surface area contributed by atoms with E-state index in [4.69, 9.17) is 9.97 Å². The second kappa shape index (κ2) is 12.0. The molecule has 0 fully saturated rings. The Morgan fingerprint density at radius 2 is 0.740 bits per heavy atom. The van der Waals surface area contributed by atoms with E-state index in [1.54, 1.807) is 12.1 Å².